The van der Waals surface area contributed by atoms with Crippen molar-refractivity contribution in [2.24, 2.45) is 0 Å². The summed E-state index contributed by atoms with van der Waals surface area (Å²) in [6, 6.07) is 20.6. The van der Waals surface area contributed by atoms with Crippen LogP contribution >= 0.6 is 11.8 Å². The summed E-state index contributed by atoms with van der Waals surface area (Å²) in [6.45, 7) is 2.01. The molecule has 1 aromatic heterocycles. The van der Waals surface area contributed by atoms with E-state index in [-0.39, 0.29) is 0 Å². The van der Waals surface area contributed by atoms with Gasteiger partial charge in [-0.15, -0.1) is 11.8 Å². The van der Waals surface area contributed by atoms with Crippen LogP contribution in [0.2, 0.25) is 0 Å². The predicted molar refractivity (Wildman–Crippen MR) is 107 cm³/mol. The van der Waals surface area contributed by atoms with E-state index in [1.807, 2.05) is 25.1 Å². The van der Waals surface area contributed by atoms with Crippen molar-refractivity contribution in [3.05, 3.63) is 71.4 Å². The van der Waals surface area contributed by atoms with Gasteiger partial charge in [-0.05, 0) is 73.2 Å². The molecule has 0 amide bonds. The minimum Gasteiger partial charge on any atom is -0.313 e. The number of rotatable bonds is 6. The van der Waals surface area contributed by atoms with E-state index < -0.39 is 0 Å². The predicted octanol–water partition coefficient (Wildman–Crippen LogP) is 5.18. The van der Waals surface area contributed by atoms with Gasteiger partial charge in [-0.3, -0.25) is 0 Å². The number of benzene rings is 2. The fourth-order valence-electron chi connectivity index (χ4n) is 3.13. The van der Waals surface area contributed by atoms with Crippen molar-refractivity contribution in [3.8, 4) is 23.0 Å². The van der Waals surface area contributed by atoms with Crippen LogP contribution in [-0.2, 0) is 11.2 Å². The number of carbonyl (C=O) groups is 1. The number of aryl methyl sites for hydroxylation is 2. The normalized spacial score (nSPS) is 10.5. The Morgan fingerprint density at radius 1 is 1.12 bits per heavy atom. The lowest BCUT2D eigenvalue weighted by atomic mass is 10.1. The zero-order valence-corrected chi connectivity index (χ0v) is 15.7. The number of carbonyl (C=O) groups excluding carboxylic acids is 1. The van der Waals surface area contributed by atoms with Gasteiger partial charge in [-0.2, -0.15) is 5.26 Å². The number of aromatic nitrogens is 1. The largest absolute Gasteiger partial charge is 0.313 e. The molecule has 0 saturated heterocycles. The second-order valence-corrected chi connectivity index (χ2v) is 6.97. The second kappa shape index (κ2) is 8.07. The van der Waals surface area contributed by atoms with Crippen molar-refractivity contribution in [2.45, 2.75) is 24.7 Å². The summed E-state index contributed by atoms with van der Waals surface area (Å²) in [5, 5.41) is 9.14. The maximum Gasteiger partial charge on any atom is 0.120 e. The van der Waals surface area contributed by atoms with Crippen LogP contribution in [0.4, 0.5) is 0 Å². The first-order valence-electron chi connectivity index (χ1n) is 8.47. The summed E-state index contributed by atoms with van der Waals surface area (Å²) >= 11 is 1.72. The Kier molecular flexibility index (Phi) is 5.60. The molecule has 2 aromatic carbocycles. The molecule has 1 heterocycles. The molecule has 26 heavy (non-hydrogen) atoms. The van der Waals surface area contributed by atoms with Gasteiger partial charge in [0.1, 0.15) is 6.29 Å². The first-order valence-corrected chi connectivity index (χ1v) is 9.70. The lowest BCUT2D eigenvalue weighted by Crippen LogP contribution is -2.05. The van der Waals surface area contributed by atoms with Crippen LogP contribution in [0, 0.1) is 18.3 Å². The van der Waals surface area contributed by atoms with Crippen LogP contribution in [-0.4, -0.2) is 17.1 Å². The van der Waals surface area contributed by atoms with Crippen LogP contribution in [0.5, 0.6) is 0 Å². The van der Waals surface area contributed by atoms with Crippen LogP contribution < -0.4 is 0 Å². The standard InChI is InChI=1S/C22H20N2OS/c1-16-14-17(15-23)5-11-21(16)24-19(4-3-13-25)8-12-22(24)18-6-9-20(26-2)10-7-18/h5-14H,3-4H2,1-2H3. The summed E-state index contributed by atoms with van der Waals surface area (Å²) in [6.07, 6.45) is 4.20. The summed E-state index contributed by atoms with van der Waals surface area (Å²) in [5.41, 5.74) is 6.04. The van der Waals surface area contributed by atoms with Gasteiger partial charge >= 0.3 is 0 Å². The molecule has 0 bridgehead atoms. The van der Waals surface area contributed by atoms with Crippen LogP contribution in [0.1, 0.15) is 23.2 Å². The highest BCUT2D eigenvalue weighted by Crippen LogP contribution is 2.30. The zero-order chi connectivity index (χ0) is 18.5. The lowest BCUT2D eigenvalue weighted by molar-refractivity contribution is -0.107. The molecule has 3 nitrogen and oxygen atoms in total. The molecule has 0 radical (unpaired) electrons. The van der Waals surface area contributed by atoms with E-state index >= 15 is 0 Å². The molecule has 0 aliphatic carbocycles. The Morgan fingerprint density at radius 2 is 1.88 bits per heavy atom. The quantitative estimate of drug-likeness (QED) is 0.449. The summed E-state index contributed by atoms with van der Waals surface area (Å²) in [7, 11) is 0. The molecular weight excluding hydrogens is 340 g/mol. The Labute approximate surface area is 158 Å². The fraction of sp³-hybridized carbons (Fsp3) is 0.182. The molecule has 0 N–H and O–H groups in total. The number of nitriles is 1. The van der Waals surface area contributed by atoms with E-state index in [1.54, 1.807) is 11.8 Å². The third kappa shape index (κ3) is 3.58. The van der Waals surface area contributed by atoms with Gasteiger partial charge in [0.2, 0.25) is 0 Å². The SMILES string of the molecule is CSc1ccc(-c2ccc(CCC=O)n2-c2ccc(C#N)cc2C)cc1. The fourth-order valence-corrected chi connectivity index (χ4v) is 3.54. The topological polar surface area (TPSA) is 45.8 Å². The van der Waals surface area contributed by atoms with E-state index in [9.17, 15) is 4.79 Å². The molecular formula is C22H20N2OS. The molecule has 130 valence electrons. The Morgan fingerprint density at radius 3 is 2.50 bits per heavy atom. The van der Waals surface area contributed by atoms with E-state index in [1.165, 1.54) is 4.90 Å². The Balaban J connectivity index is 2.15. The lowest BCUT2D eigenvalue weighted by Gasteiger charge is -2.16. The van der Waals surface area contributed by atoms with Crippen LogP contribution in [0.3, 0.4) is 0 Å². The summed E-state index contributed by atoms with van der Waals surface area (Å²) < 4.78 is 2.20. The molecule has 4 heteroatoms. The highest BCUT2D eigenvalue weighted by molar-refractivity contribution is 7.98. The van der Waals surface area contributed by atoms with Crippen LogP contribution in [0.15, 0.2) is 59.5 Å². The maximum absolute atomic E-state index is 10.9. The minimum atomic E-state index is 0.490. The van der Waals surface area contributed by atoms with Crippen molar-refractivity contribution in [2.75, 3.05) is 6.26 Å². The summed E-state index contributed by atoms with van der Waals surface area (Å²) in [5.74, 6) is 0. The van der Waals surface area contributed by atoms with Gasteiger partial charge in [0.15, 0.2) is 0 Å². The van der Waals surface area contributed by atoms with Gasteiger partial charge in [-0.25, -0.2) is 0 Å². The Hall–Kier alpha value is -2.77. The smallest absolute Gasteiger partial charge is 0.120 e. The first kappa shape index (κ1) is 18.0. The van der Waals surface area contributed by atoms with Crippen molar-refractivity contribution in [1.29, 1.82) is 5.26 Å². The van der Waals surface area contributed by atoms with Crippen molar-refractivity contribution in [3.63, 3.8) is 0 Å². The van der Waals surface area contributed by atoms with Gasteiger partial charge < -0.3 is 9.36 Å². The maximum atomic E-state index is 10.9. The molecule has 0 aliphatic heterocycles. The first-order chi connectivity index (χ1) is 12.7. The molecule has 0 unspecified atom stereocenters. The second-order valence-electron chi connectivity index (χ2n) is 6.09. The van der Waals surface area contributed by atoms with E-state index in [4.69, 9.17) is 5.26 Å². The zero-order valence-electron chi connectivity index (χ0n) is 14.9. The number of hydrogen-bond donors (Lipinski definition) is 0. The third-order valence-electron chi connectivity index (χ3n) is 4.43. The van der Waals surface area contributed by atoms with Gasteiger partial charge in [0.25, 0.3) is 0 Å². The van der Waals surface area contributed by atoms with Crippen LogP contribution in [0.25, 0.3) is 16.9 Å². The van der Waals surface area contributed by atoms with Gasteiger partial charge in [0.05, 0.1) is 17.3 Å². The van der Waals surface area contributed by atoms with Crippen molar-refractivity contribution < 1.29 is 4.79 Å². The molecule has 0 atom stereocenters. The average molecular weight is 360 g/mol. The van der Waals surface area contributed by atoms with Gasteiger partial charge in [0, 0.05) is 22.7 Å². The number of nitrogens with zero attached hydrogens (tertiary/aromatic N) is 2. The number of hydrogen-bond acceptors (Lipinski definition) is 3. The molecule has 0 fully saturated rings. The molecule has 3 rings (SSSR count). The molecule has 0 aliphatic rings. The molecule has 3 aromatic rings. The van der Waals surface area contributed by atoms with Gasteiger partial charge in [-0.1, -0.05) is 12.1 Å². The average Bonchev–Trinajstić information content (AvgIpc) is 3.09. The van der Waals surface area contributed by atoms with Crippen molar-refractivity contribution in [1.82, 2.24) is 4.57 Å². The number of aldehydes is 1. The monoisotopic (exact) mass is 360 g/mol. The van der Waals surface area contributed by atoms with E-state index in [0.717, 1.165) is 34.5 Å². The Bertz CT molecular complexity index is 965. The minimum absolute atomic E-state index is 0.490. The third-order valence-corrected chi connectivity index (χ3v) is 5.18. The van der Waals surface area contributed by atoms with E-state index in [2.05, 4.69) is 53.3 Å². The highest BCUT2D eigenvalue weighted by Gasteiger charge is 2.14. The highest BCUT2D eigenvalue weighted by atomic mass is 32.2. The van der Waals surface area contributed by atoms with Crippen molar-refractivity contribution >= 4 is 18.0 Å². The number of thioether (sulfide) groups is 1. The molecule has 0 spiro atoms. The summed E-state index contributed by atoms with van der Waals surface area (Å²) in [4.78, 5) is 12.1. The van der Waals surface area contributed by atoms with E-state index in [0.29, 0.717) is 18.4 Å². The molecule has 0 saturated carbocycles.